The second kappa shape index (κ2) is 10.7. The molecule has 34 heavy (non-hydrogen) atoms. The van der Waals surface area contributed by atoms with Gasteiger partial charge in [0, 0.05) is 12.0 Å². The van der Waals surface area contributed by atoms with E-state index in [9.17, 15) is 14.4 Å². The van der Waals surface area contributed by atoms with Gasteiger partial charge in [-0.25, -0.2) is 4.79 Å². The van der Waals surface area contributed by atoms with Crippen molar-refractivity contribution in [1.82, 2.24) is 10.6 Å². The number of fused-ring (bicyclic) bond motifs is 3. The first kappa shape index (κ1) is 25.3. The fraction of sp³-hybridized carbons (Fsp3) is 0.444. The van der Waals surface area contributed by atoms with Crippen molar-refractivity contribution in [1.29, 1.82) is 0 Å². The van der Waals surface area contributed by atoms with E-state index in [0.717, 1.165) is 22.3 Å². The lowest BCUT2D eigenvalue weighted by atomic mass is 9.88. The molecule has 3 rings (SSSR count). The van der Waals surface area contributed by atoms with Crippen molar-refractivity contribution < 1.29 is 24.2 Å². The molecule has 2 amide bonds. The summed E-state index contributed by atoms with van der Waals surface area (Å²) in [5.41, 5.74) is 4.47. The Balaban J connectivity index is 1.66. The second-order valence-electron chi connectivity index (χ2n) is 10.1. The minimum absolute atomic E-state index is 0.0337. The van der Waals surface area contributed by atoms with Crippen molar-refractivity contribution in [2.45, 2.75) is 65.0 Å². The van der Waals surface area contributed by atoms with Crippen molar-refractivity contribution in [3.8, 4) is 11.1 Å². The molecular formula is C27H34N2O5. The molecule has 0 heterocycles. The number of ether oxygens (including phenoxy) is 1. The van der Waals surface area contributed by atoms with E-state index in [1.54, 1.807) is 6.92 Å². The van der Waals surface area contributed by atoms with Crippen LogP contribution in [0.4, 0.5) is 4.79 Å². The molecule has 0 spiro atoms. The van der Waals surface area contributed by atoms with Crippen molar-refractivity contribution >= 4 is 18.0 Å². The van der Waals surface area contributed by atoms with Crippen LogP contribution in [0.1, 0.15) is 64.0 Å². The lowest BCUT2D eigenvalue weighted by Gasteiger charge is -2.25. The summed E-state index contributed by atoms with van der Waals surface area (Å²) in [7, 11) is 0. The van der Waals surface area contributed by atoms with Crippen LogP contribution >= 0.6 is 0 Å². The van der Waals surface area contributed by atoms with Crippen molar-refractivity contribution in [3.05, 3.63) is 59.7 Å². The standard InChI is InChI=1S/C27H34N2O5/c1-17(15-24(30)31)28-25(32)23(13-14-27(2,3)4)29-26(33)34-16-22-20-11-7-5-9-18(20)19-10-6-8-12-21(19)22/h5-12,17,22-23H,13-16H2,1-4H3,(H,28,32)(H,29,33)(H,30,31)/t17-,23?/m1/s1. The number of carboxylic acid groups (broad SMARTS) is 1. The Morgan fingerprint density at radius 1 is 0.971 bits per heavy atom. The van der Waals surface area contributed by atoms with E-state index in [4.69, 9.17) is 9.84 Å². The summed E-state index contributed by atoms with van der Waals surface area (Å²) < 4.78 is 5.60. The predicted octanol–water partition coefficient (Wildman–Crippen LogP) is 4.70. The number of alkyl carbamates (subject to hydrolysis) is 1. The third kappa shape index (κ3) is 6.59. The number of carbonyl (C=O) groups excluding carboxylic acids is 2. The number of rotatable bonds is 9. The molecule has 182 valence electrons. The predicted molar refractivity (Wildman–Crippen MR) is 131 cm³/mol. The Hall–Kier alpha value is -3.35. The molecule has 3 N–H and O–H groups in total. The third-order valence-corrected chi connectivity index (χ3v) is 6.00. The summed E-state index contributed by atoms with van der Waals surface area (Å²) >= 11 is 0. The fourth-order valence-electron chi connectivity index (χ4n) is 4.28. The molecule has 1 unspecified atom stereocenters. The van der Waals surface area contributed by atoms with Crippen LogP contribution < -0.4 is 10.6 Å². The van der Waals surface area contributed by atoms with Gasteiger partial charge in [0.1, 0.15) is 12.6 Å². The molecule has 0 aliphatic heterocycles. The van der Waals surface area contributed by atoms with Gasteiger partial charge < -0.3 is 20.5 Å². The van der Waals surface area contributed by atoms with Crippen LogP contribution in [0.5, 0.6) is 0 Å². The molecule has 0 bridgehead atoms. The summed E-state index contributed by atoms with van der Waals surface area (Å²) in [4.78, 5) is 36.5. The largest absolute Gasteiger partial charge is 0.481 e. The van der Waals surface area contributed by atoms with Gasteiger partial charge in [0.05, 0.1) is 6.42 Å². The highest BCUT2D eigenvalue weighted by molar-refractivity contribution is 5.86. The van der Waals surface area contributed by atoms with Gasteiger partial charge in [-0.3, -0.25) is 9.59 Å². The van der Waals surface area contributed by atoms with Gasteiger partial charge >= 0.3 is 12.1 Å². The maximum Gasteiger partial charge on any atom is 0.407 e. The zero-order valence-electron chi connectivity index (χ0n) is 20.3. The summed E-state index contributed by atoms with van der Waals surface area (Å²) in [5, 5.41) is 14.3. The summed E-state index contributed by atoms with van der Waals surface area (Å²) in [5.74, 6) is -1.48. The molecule has 2 aromatic carbocycles. The Labute approximate surface area is 200 Å². The minimum atomic E-state index is -0.997. The van der Waals surface area contributed by atoms with E-state index in [0.29, 0.717) is 12.8 Å². The van der Waals surface area contributed by atoms with E-state index in [2.05, 4.69) is 43.5 Å². The summed E-state index contributed by atoms with van der Waals surface area (Å²) in [6.45, 7) is 7.95. The van der Waals surface area contributed by atoms with Crippen LogP contribution in [0.3, 0.4) is 0 Å². The molecule has 7 nitrogen and oxygen atoms in total. The average Bonchev–Trinajstić information content (AvgIpc) is 3.07. The number of carbonyl (C=O) groups is 3. The van der Waals surface area contributed by atoms with Crippen LogP contribution in [0.25, 0.3) is 11.1 Å². The van der Waals surface area contributed by atoms with Crippen LogP contribution in [-0.4, -0.2) is 41.8 Å². The fourth-order valence-corrected chi connectivity index (χ4v) is 4.28. The van der Waals surface area contributed by atoms with Gasteiger partial charge in [-0.05, 0) is 47.4 Å². The molecule has 0 saturated heterocycles. The third-order valence-electron chi connectivity index (χ3n) is 6.00. The van der Waals surface area contributed by atoms with Gasteiger partial charge in [-0.15, -0.1) is 0 Å². The van der Waals surface area contributed by atoms with E-state index >= 15 is 0 Å². The molecule has 0 aromatic heterocycles. The number of nitrogens with one attached hydrogen (secondary N) is 2. The molecule has 2 aromatic rings. The summed E-state index contributed by atoms with van der Waals surface area (Å²) in [6, 6.07) is 14.8. The Kier molecular flexibility index (Phi) is 7.97. The lowest BCUT2D eigenvalue weighted by Crippen LogP contribution is -2.50. The molecular weight excluding hydrogens is 432 g/mol. The Morgan fingerprint density at radius 2 is 1.53 bits per heavy atom. The van der Waals surface area contributed by atoms with Crippen molar-refractivity contribution in [2.24, 2.45) is 5.41 Å². The zero-order chi connectivity index (χ0) is 24.9. The minimum Gasteiger partial charge on any atom is -0.481 e. The second-order valence-corrected chi connectivity index (χ2v) is 10.1. The van der Waals surface area contributed by atoms with Gasteiger partial charge in [0.25, 0.3) is 0 Å². The van der Waals surface area contributed by atoms with E-state index in [-0.39, 0.29) is 24.4 Å². The zero-order valence-corrected chi connectivity index (χ0v) is 20.3. The number of hydrogen-bond donors (Lipinski definition) is 3. The van der Waals surface area contributed by atoms with Crippen LogP contribution in [0.2, 0.25) is 0 Å². The molecule has 2 atom stereocenters. The molecule has 7 heteroatoms. The number of aliphatic carboxylic acids is 1. The van der Waals surface area contributed by atoms with Crippen molar-refractivity contribution in [2.75, 3.05) is 6.61 Å². The molecule has 0 saturated carbocycles. The molecule has 1 aliphatic rings. The van der Waals surface area contributed by atoms with Crippen LogP contribution in [0, 0.1) is 5.41 Å². The quantitative estimate of drug-likeness (QED) is 0.497. The Morgan fingerprint density at radius 3 is 2.06 bits per heavy atom. The molecule has 1 aliphatic carbocycles. The van der Waals surface area contributed by atoms with Crippen LogP contribution in [-0.2, 0) is 14.3 Å². The first-order valence-electron chi connectivity index (χ1n) is 11.7. The number of benzene rings is 2. The highest BCUT2D eigenvalue weighted by atomic mass is 16.5. The maximum atomic E-state index is 12.8. The smallest absolute Gasteiger partial charge is 0.407 e. The molecule has 0 fully saturated rings. The summed E-state index contributed by atoms with van der Waals surface area (Å²) in [6.07, 6.45) is 0.256. The maximum absolute atomic E-state index is 12.8. The highest BCUT2D eigenvalue weighted by Gasteiger charge is 2.30. The van der Waals surface area contributed by atoms with E-state index in [1.807, 2.05) is 36.4 Å². The van der Waals surface area contributed by atoms with Crippen LogP contribution in [0.15, 0.2) is 48.5 Å². The average molecular weight is 467 g/mol. The highest BCUT2D eigenvalue weighted by Crippen LogP contribution is 2.44. The lowest BCUT2D eigenvalue weighted by molar-refractivity contribution is -0.137. The van der Waals surface area contributed by atoms with Crippen molar-refractivity contribution in [3.63, 3.8) is 0 Å². The number of carboxylic acids is 1. The number of hydrogen-bond acceptors (Lipinski definition) is 4. The van der Waals surface area contributed by atoms with Gasteiger partial charge in [0.2, 0.25) is 5.91 Å². The monoisotopic (exact) mass is 466 g/mol. The van der Waals surface area contributed by atoms with E-state index < -0.39 is 30.1 Å². The normalized spacial score (nSPS) is 14.5. The molecule has 0 radical (unpaired) electrons. The number of amides is 2. The van der Waals surface area contributed by atoms with Gasteiger partial charge in [-0.1, -0.05) is 69.3 Å². The SMILES string of the molecule is C[C@H](CC(=O)O)NC(=O)C(CCC(C)(C)C)NC(=O)OCC1c2ccccc2-c2ccccc21. The van der Waals surface area contributed by atoms with Gasteiger partial charge in [-0.2, -0.15) is 0 Å². The Bertz CT molecular complexity index is 998. The topological polar surface area (TPSA) is 105 Å². The first-order valence-corrected chi connectivity index (χ1v) is 11.7. The van der Waals surface area contributed by atoms with Gasteiger partial charge in [0.15, 0.2) is 0 Å². The van der Waals surface area contributed by atoms with E-state index in [1.165, 1.54) is 0 Å². The first-order chi connectivity index (χ1) is 16.0.